The number of anilines is 1. The van der Waals surface area contributed by atoms with Gasteiger partial charge in [0.2, 0.25) is 0 Å². The van der Waals surface area contributed by atoms with Gasteiger partial charge in [-0.3, -0.25) is 4.72 Å². The lowest BCUT2D eigenvalue weighted by atomic mass is 10.2. The molecule has 0 heterocycles. The number of nitrogens with one attached hydrogen (secondary N) is 1. The van der Waals surface area contributed by atoms with Gasteiger partial charge in [0.05, 0.1) is 26.8 Å². The van der Waals surface area contributed by atoms with Crippen LogP contribution in [0.3, 0.4) is 0 Å². The molecule has 0 amide bonds. The number of rotatable bonds is 3. The van der Waals surface area contributed by atoms with E-state index in [9.17, 15) is 12.8 Å². The van der Waals surface area contributed by atoms with Crippen LogP contribution in [0.15, 0.2) is 45.8 Å². The highest BCUT2D eigenvalue weighted by Crippen LogP contribution is 2.26. The van der Waals surface area contributed by atoms with Gasteiger partial charge in [0.1, 0.15) is 10.7 Å². The van der Waals surface area contributed by atoms with Crippen molar-refractivity contribution in [2.24, 2.45) is 0 Å². The number of hydrogen-bond donors (Lipinski definition) is 1. The zero-order chi connectivity index (χ0) is 15.6. The minimum Gasteiger partial charge on any atom is -0.280 e. The molecule has 0 aromatic heterocycles. The fourth-order valence-corrected chi connectivity index (χ4v) is 3.50. The van der Waals surface area contributed by atoms with Gasteiger partial charge < -0.3 is 0 Å². The lowest BCUT2D eigenvalue weighted by molar-refractivity contribution is 0.601. The minimum absolute atomic E-state index is 0.0114. The van der Waals surface area contributed by atoms with Crippen LogP contribution in [0.25, 0.3) is 0 Å². The fourth-order valence-electron chi connectivity index (χ4n) is 1.55. The molecule has 0 saturated carbocycles. The Morgan fingerprint density at radius 1 is 1.24 bits per heavy atom. The molecule has 21 heavy (non-hydrogen) atoms. The molecule has 0 aliphatic carbocycles. The van der Waals surface area contributed by atoms with E-state index in [-0.39, 0.29) is 25.6 Å². The van der Waals surface area contributed by atoms with Crippen LogP contribution in [0.4, 0.5) is 10.1 Å². The average molecular weight is 390 g/mol. The molecule has 2 aromatic rings. The molecular formula is C13H7BrClFN2O2S. The normalized spacial score (nSPS) is 11.0. The molecule has 4 nitrogen and oxygen atoms in total. The van der Waals surface area contributed by atoms with Gasteiger partial charge in [-0.05, 0) is 52.3 Å². The first-order valence-corrected chi connectivity index (χ1v) is 8.16. The summed E-state index contributed by atoms with van der Waals surface area (Å²) >= 11 is 8.83. The largest absolute Gasteiger partial charge is 0.280 e. The van der Waals surface area contributed by atoms with Crippen LogP contribution < -0.4 is 4.72 Å². The predicted octanol–water partition coefficient (Wildman–Crippen LogP) is 3.91. The van der Waals surface area contributed by atoms with Crippen molar-refractivity contribution in [2.75, 3.05) is 4.72 Å². The van der Waals surface area contributed by atoms with Crippen LogP contribution in [-0.4, -0.2) is 8.42 Å². The summed E-state index contributed by atoms with van der Waals surface area (Å²) in [4.78, 5) is -0.219. The molecule has 0 saturated heterocycles. The maximum Gasteiger partial charge on any atom is 0.263 e. The van der Waals surface area contributed by atoms with E-state index in [1.807, 2.05) is 6.07 Å². The topological polar surface area (TPSA) is 70.0 Å². The summed E-state index contributed by atoms with van der Waals surface area (Å²) < 4.78 is 40.1. The third-order valence-corrected chi connectivity index (χ3v) is 4.99. The lowest BCUT2D eigenvalue weighted by Crippen LogP contribution is -2.13. The molecule has 0 fully saturated rings. The van der Waals surface area contributed by atoms with Crippen molar-refractivity contribution in [2.45, 2.75) is 4.90 Å². The summed E-state index contributed by atoms with van der Waals surface area (Å²) in [7, 11) is -3.98. The van der Waals surface area contributed by atoms with E-state index in [1.165, 1.54) is 30.3 Å². The summed E-state index contributed by atoms with van der Waals surface area (Å²) in [6, 6.07) is 9.43. The highest BCUT2D eigenvalue weighted by atomic mass is 79.9. The molecule has 0 aliphatic rings. The Labute approximate surface area is 134 Å². The Bertz CT molecular complexity index is 850. The Kier molecular flexibility index (Phi) is 4.52. The van der Waals surface area contributed by atoms with E-state index >= 15 is 0 Å². The molecule has 108 valence electrons. The number of hydrogen-bond acceptors (Lipinski definition) is 3. The third-order valence-electron chi connectivity index (χ3n) is 2.52. The summed E-state index contributed by atoms with van der Waals surface area (Å²) in [5, 5.41) is 8.81. The first-order valence-electron chi connectivity index (χ1n) is 5.51. The second kappa shape index (κ2) is 6.02. The van der Waals surface area contributed by atoms with Gasteiger partial charge in [0.25, 0.3) is 10.0 Å². The van der Waals surface area contributed by atoms with Crippen molar-refractivity contribution in [1.29, 1.82) is 5.26 Å². The van der Waals surface area contributed by atoms with E-state index in [4.69, 9.17) is 16.9 Å². The molecule has 0 radical (unpaired) electrons. The van der Waals surface area contributed by atoms with Crippen molar-refractivity contribution in [3.8, 4) is 6.07 Å². The molecule has 8 heteroatoms. The second-order valence-electron chi connectivity index (χ2n) is 3.99. The maximum absolute atomic E-state index is 13.1. The molecule has 0 bridgehead atoms. The maximum atomic E-state index is 13.1. The monoisotopic (exact) mass is 388 g/mol. The van der Waals surface area contributed by atoms with Gasteiger partial charge in [0.15, 0.2) is 0 Å². The first kappa shape index (κ1) is 15.8. The van der Waals surface area contributed by atoms with E-state index in [2.05, 4.69) is 20.7 Å². The van der Waals surface area contributed by atoms with Crippen LogP contribution in [0.2, 0.25) is 5.02 Å². The van der Waals surface area contributed by atoms with Gasteiger partial charge in [-0.2, -0.15) is 5.26 Å². The highest BCUT2D eigenvalue weighted by molar-refractivity contribution is 9.10. The second-order valence-corrected chi connectivity index (χ2v) is 6.90. The molecule has 0 spiro atoms. The zero-order valence-corrected chi connectivity index (χ0v) is 13.4. The van der Waals surface area contributed by atoms with E-state index < -0.39 is 15.8 Å². The van der Waals surface area contributed by atoms with Crippen LogP contribution in [-0.2, 0) is 10.0 Å². The van der Waals surface area contributed by atoms with Gasteiger partial charge in [-0.1, -0.05) is 11.6 Å². The average Bonchev–Trinajstić information content (AvgIpc) is 2.43. The molecule has 1 N–H and O–H groups in total. The van der Waals surface area contributed by atoms with Crippen molar-refractivity contribution >= 4 is 43.2 Å². The number of nitriles is 1. The van der Waals surface area contributed by atoms with Crippen molar-refractivity contribution in [3.05, 3.63) is 57.3 Å². The third kappa shape index (κ3) is 3.53. The molecular weight excluding hydrogens is 383 g/mol. The number of benzene rings is 2. The number of sulfonamides is 1. The Balaban J connectivity index is 2.43. The number of nitrogens with zero attached hydrogens (tertiary/aromatic N) is 1. The molecule has 0 unspecified atom stereocenters. The fraction of sp³-hybridized carbons (Fsp3) is 0. The first-order chi connectivity index (χ1) is 9.83. The molecule has 0 aliphatic heterocycles. The van der Waals surface area contributed by atoms with Crippen molar-refractivity contribution < 1.29 is 12.8 Å². The SMILES string of the molecule is N#Cc1ccc(Cl)c(S(=O)(=O)Nc2ccc(F)c(Br)c2)c1. The van der Waals surface area contributed by atoms with Crippen LogP contribution in [0.5, 0.6) is 0 Å². The van der Waals surface area contributed by atoms with Gasteiger partial charge in [-0.25, -0.2) is 12.8 Å². The van der Waals surface area contributed by atoms with Crippen LogP contribution in [0.1, 0.15) is 5.56 Å². The quantitative estimate of drug-likeness (QED) is 0.865. The summed E-state index contributed by atoms with van der Waals surface area (Å²) in [6.07, 6.45) is 0. The van der Waals surface area contributed by atoms with Crippen LogP contribution in [0, 0.1) is 17.1 Å². The minimum atomic E-state index is -3.98. The highest BCUT2D eigenvalue weighted by Gasteiger charge is 2.19. The van der Waals surface area contributed by atoms with Gasteiger partial charge in [0, 0.05) is 0 Å². The van der Waals surface area contributed by atoms with E-state index in [1.54, 1.807) is 0 Å². The predicted molar refractivity (Wildman–Crippen MR) is 81.1 cm³/mol. The molecule has 0 atom stereocenters. The van der Waals surface area contributed by atoms with Crippen molar-refractivity contribution in [3.63, 3.8) is 0 Å². The Morgan fingerprint density at radius 2 is 1.95 bits per heavy atom. The van der Waals surface area contributed by atoms with Crippen LogP contribution >= 0.6 is 27.5 Å². The summed E-state index contributed by atoms with van der Waals surface area (Å²) in [5.41, 5.74) is 0.335. The van der Waals surface area contributed by atoms with Gasteiger partial charge >= 0.3 is 0 Å². The standard InChI is InChI=1S/C13H7BrClFN2O2S/c14-10-6-9(2-4-12(10)16)18-21(19,20)13-5-8(7-17)1-3-11(13)15/h1-6,18H. The molecule has 2 rings (SSSR count). The Hall–Kier alpha value is -1.62. The van der Waals surface area contributed by atoms with E-state index in [0.717, 1.165) is 6.07 Å². The lowest BCUT2D eigenvalue weighted by Gasteiger charge is -2.10. The van der Waals surface area contributed by atoms with Gasteiger partial charge in [-0.15, -0.1) is 0 Å². The Morgan fingerprint density at radius 3 is 2.57 bits per heavy atom. The smallest absolute Gasteiger partial charge is 0.263 e. The zero-order valence-electron chi connectivity index (χ0n) is 10.3. The summed E-state index contributed by atoms with van der Waals surface area (Å²) in [6.45, 7) is 0. The molecule has 2 aromatic carbocycles. The van der Waals surface area contributed by atoms with E-state index in [0.29, 0.717) is 0 Å². The van der Waals surface area contributed by atoms with Crippen molar-refractivity contribution in [1.82, 2.24) is 0 Å². The summed E-state index contributed by atoms with van der Waals surface area (Å²) in [5.74, 6) is -0.512. The number of halogens is 3.